The SMILES string of the molecule is CC(C)[C@H]1CCN(C(=O)OC(C)(C)C)C[C@H]1[N+](=O)[O-]. The van der Waals surface area contributed by atoms with Crippen molar-refractivity contribution in [1.82, 2.24) is 4.90 Å². The first-order chi connectivity index (χ1) is 8.61. The summed E-state index contributed by atoms with van der Waals surface area (Å²) >= 11 is 0. The summed E-state index contributed by atoms with van der Waals surface area (Å²) in [6.45, 7) is 10.0. The summed E-state index contributed by atoms with van der Waals surface area (Å²) in [5.74, 6) is 0.268. The predicted molar refractivity (Wildman–Crippen MR) is 71.5 cm³/mol. The van der Waals surface area contributed by atoms with Gasteiger partial charge in [0, 0.05) is 17.4 Å². The summed E-state index contributed by atoms with van der Waals surface area (Å²) < 4.78 is 5.27. The molecule has 0 N–H and O–H groups in total. The topological polar surface area (TPSA) is 72.7 Å². The van der Waals surface area contributed by atoms with Gasteiger partial charge in [0.2, 0.25) is 6.04 Å². The quantitative estimate of drug-likeness (QED) is 0.572. The minimum absolute atomic E-state index is 0.0219. The molecular formula is C13H24N2O4. The number of piperidine rings is 1. The Labute approximate surface area is 114 Å². The zero-order chi connectivity index (χ0) is 14.8. The number of nitro groups is 1. The third-order valence-corrected chi connectivity index (χ3v) is 3.41. The molecule has 1 heterocycles. The van der Waals surface area contributed by atoms with Crippen LogP contribution in [0.15, 0.2) is 0 Å². The first-order valence-electron chi connectivity index (χ1n) is 6.73. The van der Waals surface area contributed by atoms with E-state index in [2.05, 4.69) is 0 Å². The van der Waals surface area contributed by atoms with Crippen LogP contribution in [0, 0.1) is 22.0 Å². The molecule has 0 radical (unpaired) electrons. The number of carbonyl (C=O) groups excluding carboxylic acids is 1. The van der Waals surface area contributed by atoms with Crippen LogP contribution in [-0.2, 0) is 4.74 Å². The average Bonchev–Trinajstić information content (AvgIpc) is 2.25. The second-order valence-corrected chi connectivity index (χ2v) is 6.48. The molecule has 6 heteroatoms. The van der Waals surface area contributed by atoms with Gasteiger partial charge < -0.3 is 9.64 Å². The molecule has 1 amide bonds. The van der Waals surface area contributed by atoms with Gasteiger partial charge in [-0.3, -0.25) is 10.1 Å². The molecule has 0 aromatic carbocycles. The van der Waals surface area contributed by atoms with E-state index < -0.39 is 17.7 Å². The molecule has 0 bridgehead atoms. The van der Waals surface area contributed by atoms with Crippen molar-refractivity contribution in [2.24, 2.45) is 11.8 Å². The number of ether oxygens (including phenoxy) is 1. The first kappa shape index (κ1) is 15.7. The second-order valence-electron chi connectivity index (χ2n) is 6.48. The summed E-state index contributed by atoms with van der Waals surface area (Å²) in [6, 6.07) is -0.693. The minimum Gasteiger partial charge on any atom is -0.444 e. The highest BCUT2D eigenvalue weighted by atomic mass is 16.6. The van der Waals surface area contributed by atoms with E-state index in [1.54, 1.807) is 20.8 Å². The lowest BCUT2D eigenvalue weighted by Gasteiger charge is -2.36. The van der Waals surface area contributed by atoms with E-state index >= 15 is 0 Å². The Morgan fingerprint density at radius 1 is 1.42 bits per heavy atom. The van der Waals surface area contributed by atoms with E-state index in [1.807, 2.05) is 13.8 Å². The van der Waals surface area contributed by atoms with Gasteiger partial charge >= 0.3 is 6.09 Å². The van der Waals surface area contributed by atoms with Crippen LogP contribution in [0.5, 0.6) is 0 Å². The largest absolute Gasteiger partial charge is 0.444 e. The molecule has 1 fully saturated rings. The summed E-state index contributed by atoms with van der Waals surface area (Å²) in [6.07, 6.45) is 0.198. The van der Waals surface area contributed by atoms with Crippen molar-refractivity contribution in [2.45, 2.75) is 52.7 Å². The fraction of sp³-hybridized carbons (Fsp3) is 0.923. The van der Waals surface area contributed by atoms with Gasteiger partial charge in [-0.2, -0.15) is 0 Å². The van der Waals surface area contributed by atoms with Gasteiger partial charge in [0.1, 0.15) is 5.60 Å². The lowest BCUT2D eigenvalue weighted by molar-refractivity contribution is -0.537. The van der Waals surface area contributed by atoms with Crippen LogP contribution in [0.1, 0.15) is 41.0 Å². The zero-order valence-corrected chi connectivity index (χ0v) is 12.4. The summed E-state index contributed by atoms with van der Waals surface area (Å²) in [7, 11) is 0. The minimum atomic E-state index is -0.693. The van der Waals surface area contributed by atoms with E-state index in [9.17, 15) is 14.9 Å². The van der Waals surface area contributed by atoms with Crippen LogP contribution < -0.4 is 0 Å². The van der Waals surface area contributed by atoms with Gasteiger partial charge in [-0.1, -0.05) is 13.8 Å². The monoisotopic (exact) mass is 272 g/mol. The van der Waals surface area contributed by atoms with Gasteiger partial charge in [0.25, 0.3) is 0 Å². The van der Waals surface area contributed by atoms with Crippen molar-refractivity contribution >= 4 is 6.09 Å². The van der Waals surface area contributed by atoms with E-state index in [1.165, 1.54) is 4.90 Å². The van der Waals surface area contributed by atoms with Crippen LogP contribution >= 0.6 is 0 Å². The van der Waals surface area contributed by atoms with E-state index in [0.29, 0.717) is 13.0 Å². The molecule has 0 aromatic rings. The highest BCUT2D eigenvalue weighted by Gasteiger charge is 2.41. The van der Waals surface area contributed by atoms with Gasteiger partial charge in [-0.25, -0.2) is 4.79 Å². The fourth-order valence-electron chi connectivity index (χ4n) is 2.44. The smallest absolute Gasteiger partial charge is 0.410 e. The second kappa shape index (κ2) is 5.75. The predicted octanol–water partition coefficient (Wildman–Crippen LogP) is 2.54. The number of hydrogen-bond donors (Lipinski definition) is 0. The van der Waals surface area contributed by atoms with Crippen LogP contribution in [0.4, 0.5) is 4.79 Å². The molecule has 6 nitrogen and oxygen atoms in total. The molecule has 1 rings (SSSR count). The highest BCUT2D eigenvalue weighted by molar-refractivity contribution is 5.68. The molecule has 0 unspecified atom stereocenters. The molecule has 110 valence electrons. The Morgan fingerprint density at radius 2 is 2.00 bits per heavy atom. The van der Waals surface area contributed by atoms with Crippen LogP contribution in [0.2, 0.25) is 0 Å². The molecule has 1 aliphatic rings. The van der Waals surface area contributed by atoms with Gasteiger partial charge in [-0.05, 0) is 33.1 Å². The van der Waals surface area contributed by atoms with Crippen molar-refractivity contribution in [1.29, 1.82) is 0 Å². The maximum atomic E-state index is 11.9. The number of likely N-dealkylation sites (tertiary alicyclic amines) is 1. The summed E-state index contributed by atoms with van der Waals surface area (Å²) in [5, 5.41) is 11.1. The molecule has 0 aromatic heterocycles. The van der Waals surface area contributed by atoms with Crippen molar-refractivity contribution in [2.75, 3.05) is 13.1 Å². The summed E-state index contributed by atoms with van der Waals surface area (Å²) in [4.78, 5) is 24.3. The molecule has 0 spiro atoms. The van der Waals surface area contributed by atoms with Gasteiger partial charge in [-0.15, -0.1) is 0 Å². The Morgan fingerprint density at radius 3 is 2.42 bits per heavy atom. The van der Waals surface area contributed by atoms with Crippen molar-refractivity contribution < 1.29 is 14.5 Å². The molecule has 1 aliphatic heterocycles. The fourth-order valence-corrected chi connectivity index (χ4v) is 2.44. The molecule has 19 heavy (non-hydrogen) atoms. The van der Waals surface area contributed by atoms with Crippen molar-refractivity contribution in [3.05, 3.63) is 10.1 Å². The Hall–Kier alpha value is -1.33. The lowest BCUT2D eigenvalue weighted by Crippen LogP contribution is -2.52. The Kier molecular flexibility index (Phi) is 4.76. The number of amides is 1. The molecule has 0 aliphatic carbocycles. The zero-order valence-electron chi connectivity index (χ0n) is 12.4. The number of nitrogens with zero attached hydrogens (tertiary/aromatic N) is 2. The van der Waals surface area contributed by atoms with Crippen LogP contribution in [0.25, 0.3) is 0 Å². The van der Waals surface area contributed by atoms with Crippen LogP contribution in [-0.4, -0.2) is 40.6 Å². The maximum absolute atomic E-state index is 11.9. The van der Waals surface area contributed by atoms with Crippen LogP contribution in [0.3, 0.4) is 0 Å². The lowest BCUT2D eigenvalue weighted by atomic mass is 9.83. The number of hydrogen-bond acceptors (Lipinski definition) is 4. The number of rotatable bonds is 2. The molecular weight excluding hydrogens is 248 g/mol. The normalized spacial score (nSPS) is 24.4. The third kappa shape index (κ3) is 4.36. The Balaban J connectivity index is 2.71. The molecule has 0 saturated carbocycles. The Bertz CT molecular complexity index is 349. The van der Waals surface area contributed by atoms with E-state index in [0.717, 1.165) is 0 Å². The summed E-state index contributed by atoms with van der Waals surface area (Å²) in [5.41, 5.74) is -0.573. The maximum Gasteiger partial charge on any atom is 0.410 e. The highest BCUT2D eigenvalue weighted by Crippen LogP contribution is 2.27. The molecule has 2 atom stereocenters. The van der Waals surface area contributed by atoms with E-state index in [4.69, 9.17) is 4.74 Å². The average molecular weight is 272 g/mol. The third-order valence-electron chi connectivity index (χ3n) is 3.41. The van der Waals surface area contributed by atoms with E-state index in [-0.39, 0.29) is 23.3 Å². The number of carbonyl (C=O) groups is 1. The standard InChI is InChI=1S/C13H24N2O4/c1-9(2)10-6-7-14(8-11(10)15(17)18)12(16)19-13(3,4)5/h9-11H,6-8H2,1-5H3/t10-,11-/m1/s1. The van der Waals surface area contributed by atoms with Gasteiger partial charge in [0.15, 0.2) is 0 Å². The molecule has 1 saturated heterocycles. The van der Waals surface area contributed by atoms with Crippen molar-refractivity contribution in [3.8, 4) is 0 Å². The first-order valence-corrected chi connectivity index (χ1v) is 6.73. The van der Waals surface area contributed by atoms with Crippen molar-refractivity contribution in [3.63, 3.8) is 0 Å². The van der Waals surface area contributed by atoms with Gasteiger partial charge in [0.05, 0.1) is 6.54 Å².